The van der Waals surface area contributed by atoms with Crippen LogP contribution in [0.2, 0.25) is 0 Å². The number of carboxylic acids is 1. The molecule has 0 saturated heterocycles. The highest BCUT2D eigenvalue weighted by atomic mass is 16.5. The summed E-state index contributed by atoms with van der Waals surface area (Å²) in [6, 6.07) is 6.75. The van der Waals surface area contributed by atoms with Gasteiger partial charge in [-0.2, -0.15) is 0 Å². The number of nitrogens with one attached hydrogen (secondary N) is 2. The quantitative estimate of drug-likeness (QED) is 0.672. The Labute approximate surface area is 140 Å². The lowest BCUT2D eigenvalue weighted by atomic mass is 9.99. The Bertz CT molecular complexity index is 642. The average Bonchev–Trinajstić information content (AvgIpc) is 3.38. The number of amides is 2. The van der Waals surface area contributed by atoms with Crippen molar-refractivity contribution in [2.24, 2.45) is 5.92 Å². The van der Waals surface area contributed by atoms with Crippen molar-refractivity contribution >= 4 is 23.5 Å². The summed E-state index contributed by atoms with van der Waals surface area (Å²) in [6.45, 7) is 2.82. The maximum Gasteiger partial charge on any atom is 0.329 e. The lowest BCUT2D eigenvalue weighted by Crippen LogP contribution is -2.53. The minimum absolute atomic E-state index is 0.00920. The summed E-state index contributed by atoms with van der Waals surface area (Å²) in [5.74, 6) is -1.10. The van der Waals surface area contributed by atoms with Crippen molar-refractivity contribution < 1.29 is 24.2 Å². The van der Waals surface area contributed by atoms with E-state index in [0.29, 0.717) is 11.4 Å². The van der Waals surface area contributed by atoms with Crippen molar-refractivity contribution in [1.29, 1.82) is 0 Å². The zero-order valence-corrected chi connectivity index (χ0v) is 13.8. The van der Waals surface area contributed by atoms with Crippen molar-refractivity contribution in [3.63, 3.8) is 0 Å². The number of hydrogen-bond acceptors (Lipinski definition) is 4. The summed E-state index contributed by atoms with van der Waals surface area (Å²) < 4.78 is 5.38. The van der Waals surface area contributed by atoms with Crippen LogP contribution in [0.15, 0.2) is 24.3 Å². The van der Waals surface area contributed by atoms with E-state index in [1.54, 1.807) is 31.2 Å². The lowest BCUT2D eigenvalue weighted by molar-refractivity contribution is -0.147. The van der Waals surface area contributed by atoms with Crippen LogP contribution in [0.3, 0.4) is 0 Å². The van der Waals surface area contributed by atoms with Gasteiger partial charge in [-0.3, -0.25) is 9.59 Å². The third-order valence-electron chi connectivity index (χ3n) is 4.01. The second-order valence-corrected chi connectivity index (χ2v) is 6.12. The summed E-state index contributed by atoms with van der Waals surface area (Å²) >= 11 is 0. The van der Waals surface area contributed by atoms with Gasteiger partial charge < -0.3 is 20.5 Å². The van der Waals surface area contributed by atoms with Crippen LogP contribution in [0.25, 0.3) is 0 Å². The number of ether oxygens (including phenoxy) is 1. The molecule has 0 heterocycles. The van der Waals surface area contributed by atoms with E-state index in [1.165, 1.54) is 6.92 Å². The topological polar surface area (TPSA) is 105 Å². The molecule has 0 spiro atoms. The van der Waals surface area contributed by atoms with Crippen LogP contribution in [0.1, 0.15) is 33.1 Å². The molecule has 1 saturated carbocycles. The van der Waals surface area contributed by atoms with Crippen LogP contribution >= 0.6 is 0 Å². The first-order valence-corrected chi connectivity index (χ1v) is 7.92. The monoisotopic (exact) mass is 334 g/mol. The SMILES string of the molecule is CCC(C)(NC(=O)COc1cccc(NC(=O)C2CC2)c1)C(=O)O. The molecule has 3 N–H and O–H groups in total. The molecule has 1 aromatic rings. The molecule has 0 aliphatic heterocycles. The molecule has 1 aliphatic carbocycles. The van der Waals surface area contributed by atoms with Gasteiger partial charge in [0.25, 0.3) is 5.91 Å². The van der Waals surface area contributed by atoms with E-state index in [1.807, 2.05) is 0 Å². The van der Waals surface area contributed by atoms with E-state index in [0.717, 1.165) is 12.8 Å². The highest BCUT2D eigenvalue weighted by Gasteiger charge is 2.32. The first-order chi connectivity index (χ1) is 11.3. The second-order valence-electron chi connectivity index (χ2n) is 6.12. The number of aliphatic carboxylic acids is 1. The zero-order chi connectivity index (χ0) is 17.7. The average molecular weight is 334 g/mol. The Kier molecular flexibility index (Phi) is 5.43. The second kappa shape index (κ2) is 7.33. The van der Waals surface area contributed by atoms with Crippen LogP contribution in [-0.2, 0) is 14.4 Å². The first kappa shape index (κ1) is 17.8. The molecular formula is C17H22N2O5. The molecule has 1 aromatic carbocycles. The van der Waals surface area contributed by atoms with E-state index in [2.05, 4.69) is 10.6 Å². The third-order valence-corrected chi connectivity index (χ3v) is 4.01. The minimum atomic E-state index is -1.32. The van der Waals surface area contributed by atoms with Gasteiger partial charge in [0.05, 0.1) is 0 Å². The van der Waals surface area contributed by atoms with E-state index in [-0.39, 0.29) is 24.9 Å². The van der Waals surface area contributed by atoms with Crippen molar-refractivity contribution in [1.82, 2.24) is 5.32 Å². The predicted octanol–water partition coefficient (Wildman–Crippen LogP) is 1.78. The number of rotatable bonds is 8. The third kappa shape index (κ3) is 4.71. The summed E-state index contributed by atoms with van der Waals surface area (Å²) in [5, 5.41) is 14.4. The van der Waals surface area contributed by atoms with Gasteiger partial charge in [-0.25, -0.2) is 4.79 Å². The molecule has 0 radical (unpaired) electrons. The minimum Gasteiger partial charge on any atom is -0.484 e. The summed E-state index contributed by atoms with van der Waals surface area (Å²) in [4.78, 5) is 34.8. The summed E-state index contributed by atoms with van der Waals surface area (Å²) in [6.07, 6.45) is 2.10. The molecule has 24 heavy (non-hydrogen) atoms. The molecule has 1 fully saturated rings. The molecule has 7 heteroatoms. The molecule has 130 valence electrons. The van der Waals surface area contributed by atoms with Crippen LogP contribution in [-0.4, -0.2) is 35.0 Å². The van der Waals surface area contributed by atoms with E-state index in [9.17, 15) is 14.4 Å². The smallest absolute Gasteiger partial charge is 0.329 e. The van der Waals surface area contributed by atoms with Gasteiger partial charge >= 0.3 is 5.97 Å². The van der Waals surface area contributed by atoms with Gasteiger partial charge in [-0.1, -0.05) is 13.0 Å². The highest BCUT2D eigenvalue weighted by Crippen LogP contribution is 2.30. The summed E-state index contributed by atoms with van der Waals surface area (Å²) in [7, 11) is 0. The molecule has 1 aliphatic rings. The predicted molar refractivity (Wildman–Crippen MR) is 87.8 cm³/mol. The molecular weight excluding hydrogens is 312 g/mol. The van der Waals surface area contributed by atoms with Gasteiger partial charge in [0.15, 0.2) is 6.61 Å². The Hall–Kier alpha value is -2.57. The van der Waals surface area contributed by atoms with Gasteiger partial charge in [0, 0.05) is 17.7 Å². The zero-order valence-electron chi connectivity index (χ0n) is 13.8. The Morgan fingerprint density at radius 3 is 2.62 bits per heavy atom. The maximum atomic E-state index is 11.9. The summed E-state index contributed by atoms with van der Waals surface area (Å²) in [5.41, 5.74) is -0.714. The Morgan fingerprint density at radius 1 is 1.33 bits per heavy atom. The molecule has 1 unspecified atom stereocenters. The van der Waals surface area contributed by atoms with Gasteiger partial charge in [-0.05, 0) is 38.3 Å². The van der Waals surface area contributed by atoms with Gasteiger partial charge in [0.2, 0.25) is 5.91 Å². The van der Waals surface area contributed by atoms with Crippen LogP contribution < -0.4 is 15.4 Å². The number of hydrogen-bond donors (Lipinski definition) is 3. The molecule has 2 amide bonds. The molecule has 0 bridgehead atoms. The fourth-order valence-corrected chi connectivity index (χ4v) is 2.04. The van der Waals surface area contributed by atoms with Crippen molar-refractivity contribution in [3.8, 4) is 5.75 Å². The van der Waals surface area contributed by atoms with Crippen molar-refractivity contribution in [3.05, 3.63) is 24.3 Å². The van der Waals surface area contributed by atoms with Crippen LogP contribution in [0.4, 0.5) is 5.69 Å². The van der Waals surface area contributed by atoms with Gasteiger partial charge in [0.1, 0.15) is 11.3 Å². The number of benzene rings is 1. The maximum absolute atomic E-state index is 11.9. The van der Waals surface area contributed by atoms with E-state index in [4.69, 9.17) is 9.84 Å². The Balaban J connectivity index is 1.88. The largest absolute Gasteiger partial charge is 0.484 e. The fourth-order valence-electron chi connectivity index (χ4n) is 2.04. The van der Waals surface area contributed by atoms with Crippen LogP contribution in [0.5, 0.6) is 5.75 Å². The Morgan fingerprint density at radius 2 is 2.04 bits per heavy atom. The lowest BCUT2D eigenvalue weighted by Gasteiger charge is -2.24. The first-order valence-electron chi connectivity index (χ1n) is 7.92. The van der Waals surface area contributed by atoms with Crippen molar-refractivity contribution in [2.75, 3.05) is 11.9 Å². The normalized spacial score (nSPS) is 15.9. The number of carbonyl (C=O) groups excluding carboxylic acids is 2. The number of carboxylic acid groups (broad SMARTS) is 1. The number of carbonyl (C=O) groups is 3. The molecule has 0 aromatic heterocycles. The fraction of sp³-hybridized carbons (Fsp3) is 0.471. The van der Waals surface area contributed by atoms with Crippen molar-refractivity contribution in [2.45, 2.75) is 38.6 Å². The highest BCUT2D eigenvalue weighted by molar-refractivity contribution is 5.94. The van der Waals surface area contributed by atoms with E-state index < -0.39 is 17.4 Å². The molecule has 7 nitrogen and oxygen atoms in total. The van der Waals surface area contributed by atoms with E-state index >= 15 is 0 Å². The van der Waals surface area contributed by atoms with Gasteiger partial charge in [-0.15, -0.1) is 0 Å². The standard InChI is InChI=1S/C17H22N2O5/c1-3-17(2,16(22)23)19-14(20)10-24-13-6-4-5-12(9-13)18-15(21)11-7-8-11/h4-6,9,11H,3,7-8,10H2,1-2H3,(H,18,21)(H,19,20)(H,22,23). The molecule has 1 atom stereocenters. The van der Waals surface area contributed by atoms with Crippen LogP contribution in [0, 0.1) is 5.92 Å². The number of anilines is 1. The molecule has 2 rings (SSSR count).